The molecule has 7 heteroatoms. The van der Waals surface area contributed by atoms with E-state index in [-0.39, 0.29) is 6.04 Å². The minimum absolute atomic E-state index is 0.280. The first-order valence-electron chi connectivity index (χ1n) is 10.8. The van der Waals surface area contributed by atoms with Crippen LogP contribution in [-0.4, -0.2) is 23.8 Å². The Balaban J connectivity index is 1.80. The smallest absolute Gasteiger partial charge is 0.253 e. The van der Waals surface area contributed by atoms with Gasteiger partial charge in [0.05, 0.1) is 12.6 Å². The Hall–Kier alpha value is -2.56. The highest BCUT2D eigenvalue weighted by atomic mass is 35.5. The van der Waals surface area contributed by atoms with E-state index < -0.39 is 10.0 Å². The first kappa shape index (κ1) is 22.2. The van der Waals surface area contributed by atoms with Gasteiger partial charge in [0.2, 0.25) is 0 Å². The molecule has 0 saturated carbocycles. The lowest BCUT2D eigenvalue weighted by Crippen LogP contribution is -2.31. The normalized spacial score (nSPS) is 16.7. The number of nitrogens with zero attached hydrogens (tertiary/aromatic N) is 2. The molecule has 2 aromatic carbocycles. The lowest BCUT2D eigenvalue weighted by atomic mass is 9.98. The Labute approximate surface area is 203 Å². The zero-order chi connectivity index (χ0) is 23.0. The highest BCUT2D eigenvalue weighted by Gasteiger charge is 2.40. The van der Waals surface area contributed by atoms with Crippen LogP contribution in [-0.2, 0) is 16.6 Å². The van der Waals surface area contributed by atoms with Gasteiger partial charge >= 0.3 is 0 Å². The molecule has 0 radical (unpaired) electrons. The Morgan fingerprint density at radius 2 is 1.94 bits per heavy atom. The molecule has 0 spiro atoms. The fraction of sp³-hybridized carbons (Fsp3) is 0.231. The maximum absolute atomic E-state index is 13.6. The molecule has 1 saturated heterocycles. The standard InChI is InChI=1S/C26H23ClN2O2S2/c1-2-3-15-28-22-14-13-20(27)18-21(22)25(19-9-5-4-6-10-19)26(28)23-11-7-16-29(23)33(30,31)24-12-8-17-32-24/h4-6,8-10,12-14,17-18,23H,7,11,15-16H2,1H3. The maximum atomic E-state index is 13.6. The first-order valence-corrected chi connectivity index (χ1v) is 13.5. The maximum Gasteiger partial charge on any atom is 0.253 e. The molecule has 1 atom stereocenters. The van der Waals surface area contributed by atoms with Crippen LogP contribution >= 0.6 is 22.9 Å². The van der Waals surface area contributed by atoms with Gasteiger partial charge < -0.3 is 4.57 Å². The van der Waals surface area contributed by atoms with Crippen molar-refractivity contribution in [2.45, 2.75) is 36.6 Å². The van der Waals surface area contributed by atoms with Crippen LogP contribution in [0.3, 0.4) is 0 Å². The number of aromatic nitrogens is 1. The Morgan fingerprint density at radius 3 is 2.67 bits per heavy atom. The molecule has 33 heavy (non-hydrogen) atoms. The number of hydrogen-bond acceptors (Lipinski definition) is 3. The second-order valence-electron chi connectivity index (χ2n) is 8.01. The molecule has 0 aliphatic carbocycles. The minimum Gasteiger partial charge on any atom is -0.331 e. The van der Waals surface area contributed by atoms with Crippen molar-refractivity contribution in [2.75, 3.05) is 6.54 Å². The van der Waals surface area contributed by atoms with Crippen molar-refractivity contribution in [3.05, 3.63) is 76.8 Å². The largest absolute Gasteiger partial charge is 0.331 e. The van der Waals surface area contributed by atoms with Crippen LogP contribution in [0.1, 0.15) is 31.5 Å². The summed E-state index contributed by atoms with van der Waals surface area (Å²) in [6.45, 7) is 2.81. The van der Waals surface area contributed by atoms with Gasteiger partial charge in [-0.15, -0.1) is 17.3 Å². The summed E-state index contributed by atoms with van der Waals surface area (Å²) in [5.41, 5.74) is 4.07. The van der Waals surface area contributed by atoms with Crippen molar-refractivity contribution in [3.8, 4) is 23.0 Å². The van der Waals surface area contributed by atoms with Gasteiger partial charge in [-0.3, -0.25) is 0 Å². The summed E-state index contributed by atoms with van der Waals surface area (Å²) in [5, 5.41) is 3.48. The van der Waals surface area contributed by atoms with E-state index in [4.69, 9.17) is 11.6 Å². The van der Waals surface area contributed by atoms with Gasteiger partial charge in [-0.2, -0.15) is 4.31 Å². The minimum atomic E-state index is -3.60. The molecule has 1 unspecified atom stereocenters. The molecule has 168 valence electrons. The van der Waals surface area contributed by atoms with Gasteiger partial charge in [0.1, 0.15) is 4.21 Å². The average molecular weight is 495 g/mol. The predicted molar refractivity (Wildman–Crippen MR) is 136 cm³/mol. The van der Waals surface area contributed by atoms with E-state index in [0.29, 0.717) is 22.3 Å². The fourth-order valence-electron chi connectivity index (χ4n) is 4.76. The van der Waals surface area contributed by atoms with Gasteiger partial charge in [-0.1, -0.05) is 53.9 Å². The van der Waals surface area contributed by atoms with E-state index in [2.05, 4.69) is 28.5 Å². The molecule has 4 aromatic rings. The molecule has 0 bridgehead atoms. The third-order valence-corrected chi connectivity index (χ3v) is 9.64. The number of benzene rings is 2. The van der Waals surface area contributed by atoms with Crippen LogP contribution in [0.5, 0.6) is 0 Å². The van der Waals surface area contributed by atoms with Crippen LogP contribution in [0.4, 0.5) is 0 Å². The van der Waals surface area contributed by atoms with Gasteiger partial charge in [-0.05, 0) is 55.0 Å². The molecular formula is C26H23ClN2O2S2. The molecule has 3 heterocycles. The topological polar surface area (TPSA) is 42.3 Å². The summed E-state index contributed by atoms with van der Waals surface area (Å²) >= 11 is 7.69. The Kier molecular flexibility index (Phi) is 6.07. The van der Waals surface area contributed by atoms with Crippen molar-refractivity contribution in [3.63, 3.8) is 0 Å². The summed E-state index contributed by atoms with van der Waals surface area (Å²) in [6, 6.07) is 19.2. The second kappa shape index (κ2) is 9.00. The van der Waals surface area contributed by atoms with Crippen LogP contribution in [0, 0.1) is 11.8 Å². The molecule has 5 rings (SSSR count). The highest BCUT2D eigenvalue weighted by molar-refractivity contribution is 7.91. The number of fused-ring (bicyclic) bond motifs is 1. The van der Waals surface area contributed by atoms with Crippen LogP contribution in [0.25, 0.3) is 22.0 Å². The summed E-state index contributed by atoms with van der Waals surface area (Å²) in [7, 11) is -3.60. The van der Waals surface area contributed by atoms with E-state index >= 15 is 0 Å². The van der Waals surface area contributed by atoms with E-state index in [9.17, 15) is 8.42 Å². The van der Waals surface area contributed by atoms with E-state index in [1.165, 1.54) is 11.3 Å². The number of sulfonamides is 1. The highest BCUT2D eigenvalue weighted by Crippen LogP contribution is 2.46. The summed E-state index contributed by atoms with van der Waals surface area (Å²) in [5.74, 6) is 6.19. The van der Waals surface area contributed by atoms with Crippen LogP contribution < -0.4 is 0 Å². The molecule has 4 nitrogen and oxygen atoms in total. The van der Waals surface area contributed by atoms with Crippen molar-refractivity contribution in [2.24, 2.45) is 0 Å². The third kappa shape index (κ3) is 3.89. The molecule has 1 fully saturated rings. The predicted octanol–water partition coefficient (Wildman–Crippen LogP) is 6.57. The Morgan fingerprint density at radius 1 is 1.12 bits per heavy atom. The zero-order valence-corrected chi connectivity index (χ0v) is 20.6. The lowest BCUT2D eigenvalue weighted by molar-refractivity contribution is 0.386. The molecular weight excluding hydrogens is 472 g/mol. The second-order valence-corrected chi connectivity index (χ2v) is 11.5. The number of halogens is 1. The quantitative estimate of drug-likeness (QED) is 0.294. The van der Waals surface area contributed by atoms with E-state index in [0.717, 1.165) is 40.6 Å². The molecule has 1 aliphatic rings. The summed E-state index contributed by atoms with van der Waals surface area (Å²) < 4.78 is 31.4. The lowest BCUT2D eigenvalue weighted by Gasteiger charge is -2.26. The van der Waals surface area contributed by atoms with Crippen LogP contribution in [0.15, 0.2) is 70.3 Å². The van der Waals surface area contributed by atoms with Crippen molar-refractivity contribution < 1.29 is 8.42 Å². The van der Waals surface area contributed by atoms with E-state index in [1.807, 2.05) is 48.7 Å². The zero-order valence-electron chi connectivity index (χ0n) is 18.2. The number of rotatable bonds is 5. The molecule has 1 aliphatic heterocycles. The van der Waals surface area contributed by atoms with Crippen molar-refractivity contribution >= 4 is 43.9 Å². The monoisotopic (exact) mass is 494 g/mol. The van der Waals surface area contributed by atoms with Gasteiger partial charge in [0.25, 0.3) is 10.0 Å². The summed E-state index contributed by atoms with van der Waals surface area (Å²) in [6.07, 6.45) is 1.57. The molecule has 0 N–H and O–H groups in total. The molecule has 2 aromatic heterocycles. The number of hydrogen-bond donors (Lipinski definition) is 0. The average Bonchev–Trinajstić information content (AvgIpc) is 3.57. The van der Waals surface area contributed by atoms with Crippen molar-refractivity contribution in [1.82, 2.24) is 8.87 Å². The Bertz CT molecular complexity index is 1460. The van der Waals surface area contributed by atoms with Gasteiger partial charge in [0.15, 0.2) is 0 Å². The third-order valence-electron chi connectivity index (χ3n) is 6.12. The SMILES string of the molecule is CC#CCn1c(C2CCCN2S(=O)(=O)c2cccs2)c(-c2ccccc2)c2cc(Cl)ccc21. The van der Waals surface area contributed by atoms with Crippen LogP contribution in [0.2, 0.25) is 5.02 Å². The van der Waals surface area contributed by atoms with Crippen molar-refractivity contribution in [1.29, 1.82) is 0 Å². The molecule has 0 amide bonds. The van der Waals surface area contributed by atoms with E-state index in [1.54, 1.807) is 16.4 Å². The fourth-order valence-corrected chi connectivity index (χ4v) is 7.71. The van der Waals surface area contributed by atoms with Gasteiger partial charge in [-0.25, -0.2) is 8.42 Å². The summed E-state index contributed by atoms with van der Waals surface area (Å²) in [4.78, 5) is 0. The number of thiophene rings is 1. The van der Waals surface area contributed by atoms with Gasteiger partial charge in [0, 0.05) is 33.7 Å². The first-order chi connectivity index (χ1) is 16.0.